The van der Waals surface area contributed by atoms with E-state index < -0.39 is 0 Å². The zero-order chi connectivity index (χ0) is 22.3. The highest BCUT2D eigenvalue weighted by Gasteiger charge is 2.20. The molecule has 0 fully saturated rings. The third kappa shape index (κ3) is 5.02. The summed E-state index contributed by atoms with van der Waals surface area (Å²) < 4.78 is 1.93. The van der Waals surface area contributed by atoms with Crippen LogP contribution in [-0.2, 0) is 4.79 Å². The standard InChI is InChI=1S/C23H18ClN5OS2/c24-17-9-11-19(12-10-17)29-22(20-8-4-15-31-20)26-27-23(29)32-16-21(30)28(14-5-13-25)18-6-2-1-3-7-18/h1-4,6-12,15H,5,14,16H2. The Kier molecular flexibility index (Phi) is 7.22. The van der Waals surface area contributed by atoms with Gasteiger partial charge < -0.3 is 4.90 Å². The molecule has 32 heavy (non-hydrogen) atoms. The number of thiophene rings is 1. The molecule has 0 radical (unpaired) electrons. The number of thioether (sulfide) groups is 1. The number of hydrogen-bond donors (Lipinski definition) is 0. The molecule has 2 aromatic carbocycles. The van der Waals surface area contributed by atoms with Crippen LogP contribution >= 0.6 is 34.7 Å². The van der Waals surface area contributed by atoms with Crippen molar-refractivity contribution in [2.75, 3.05) is 17.2 Å². The third-order valence-corrected chi connectivity index (χ3v) is 6.63. The Bertz CT molecular complexity index is 1220. The van der Waals surface area contributed by atoms with Crippen LogP contribution in [0.5, 0.6) is 0 Å². The van der Waals surface area contributed by atoms with Crippen molar-refractivity contribution >= 4 is 46.3 Å². The Morgan fingerprint density at radius 3 is 2.56 bits per heavy atom. The Hall–Kier alpha value is -3.12. The van der Waals surface area contributed by atoms with Crippen molar-refractivity contribution in [2.45, 2.75) is 11.6 Å². The predicted molar refractivity (Wildman–Crippen MR) is 129 cm³/mol. The fourth-order valence-electron chi connectivity index (χ4n) is 3.12. The Morgan fingerprint density at radius 2 is 1.88 bits per heavy atom. The van der Waals surface area contributed by atoms with Gasteiger partial charge in [0.05, 0.1) is 23.1 Å². The van der Waals surface area contributed by atoms with Crippen molar-refractivity contribution < 1.29 is 4.79 Å². The van der Waals surface area contributed by atoms with Crippen LogP contribution in [0.2, 0.25) is 5.02 Å². The highest BCUT2D eigenvalue weighted by atomic mass is 35.5. The summed E-state index contributed by atoms with van der Waals surface area (Å²) in [6, 6.07) is 22.9. The molecule has 9 heteroatoms. The first-order chi connectivity index (χ1) is 15.7. The van der Waals surface area contributed by atoms with Gasteiger partial charge in [-0.1, -0.05) is 47.6 Å². The number of hydrogen-bond acceptors (Lipinski definition) is 6. The number of nitriles is 1. The average Bonchev–Trinajstić information content (AvgIpc) is 3.49. The normalized spacial score (nSPS) is 10.6. The molecule has 2 aromatic heterocycles. The van der Waals surface area contributed by atoms with E-state index in [1.54, 1.807) is 16.2 Å². The molecule has 0 bridgehead atoms. The molecule has 0 N–H and O–H groups in total. The second-order valence-corrected chi connectivity index (χ2v) is 9.00. The van der Waals surface area contributed by atoms with Gasteiger partial charge in [0.15, 0.2) is 11.0 Å². The smallest absolute Gasteiger partial charge is 0.237 e. The molecule has 6 nitrogen and oxygen atoms in total. The second-order valence-electron chi connectivity index (χ2n) is 6.67. The summed E-state index contributed by atoms with van der Waals surface area (Å²) in [7, 11) is 0. The lowest BCUT2D eigenvalue weighted by molar-refractivity contribution is -0.116. The van der Waals surface area contributed by atoms with Crippen LogP contribution in [0.4, 0.5) is 5.69 Å². The summed E-state index contributed by atoms with van der Waals surface area (Å²) >= 11 is 8.96. The number of anilines is 1. The monoisotopic (exact) mass is 479 g/mol. The SMILES string of the molecule is N#CCCN(C(=O)CSc1nnc(-c2cccs2)n1-c1ccc(Cl)cc1)c1ccccc1. The van der Waals surface area contributed by atoms with Gasteiger partial charge in [0.25, 0.3) is 0 Å². The van der Waals surface area contributed by atoms with Crippen LogP contribution in [0.15, 0.2) is 77.3 Å². The Balaban J connectivity index is 1.60. The van der Waals surface area contributed by atoms with E-state index in [1.807, 2.05) is 76.7 Å². The molecule has 0 saturated carbocycles. The van der Waals surface area contributed by atoms with Crippen LogP contribution in [0.25, 0.3) is 16.4 Å². The molecule has 4 rings (SSSR count). The number of rotatable bonds is 8. The van der Waals surface area contributed by atoms with Crippen LogP contribution in [0, 0.1) is 11.3 Å². The van der Waals surface area contributed by atoms with Crippen LogP contribution in [0.1, 0.15) is 6.42 Å². The molecule has 4 aromatic rings. The zero-order valence-electron chi connectivity index (χ0n) is 16.9. The Morgan fingerprint density at radius 1 is 1.09 bits per heavy atom. The summed E-state index contributed by atoms with van der Waals surface area (Å²) in [5.74, 6) is 0.776. The van der Waals surface area contributed by atoms with Gasteiger partial charge in [0.2, 0.25) is 5.91 Å². The number of amides is 1. The first-order valence-electron chi connectivity index (χ1n) is 9.78. The van der Waals surface area contributed by atoms with Gasteiger partial charge in [0, 0.05) is 22.9 Å². The van der Waals surface area contributed by atoms with Crippen LogP contribution < -0.4 is 4.90 Å². The number of carbonyl (C=O) groups excluding carboxylic acids is 1. The van der Waals surface area contributed by atoms with Crippen molar-refractivity contribution in [1.82, 2.24) is 14.8 Å². The van der Waals surface area contributed by atoms with Crippen molar-refractivity contribution in [3.8, 4) is 22.5 Å². The van der Waals surface area contributed by atoms with Gasteiger partial charge in [-0.2, -0.15) is 5.26 Å². The maximum atomic E-state index is 13.1. The lowest BCUT2D eigenvalue weighted by Crippen LogP contribution is -2.33. The molecule has 0 aliphatic rings. The van der Waals surface area contributed by atoms with Crippen molar-refractivity contribution in [3.63, 3.8) is 0 Å². The molecule has 0 aliphatic heterocycles. The van der Waals surface area contributed by atoms with Gasteiger partial charge in [-0.25, -0.2) is 0 Å². The molecule has 0 aliphatic carbocycles. The molecule has 0 atom stereocenters. The fourth-order valence-corrected chi connectivity index (χ4v) is 4.78. The molecular weight excluding hydrogens is 462 g/mol. The maximum absolute atomic E-state index is 13.1. The highest BCUT2D eigenvalue weighted by molar-refractivity contribution is 7.99. The van der Waals surface area contributed by atoms with Crippen molar-refractivity contribution in [3.05, 3.63) is 77.1 Å². The number of carbonyl (C=O) groups is 1. The second kappa shape index (κ2) is 10.5. The average molecular weight is 480 g/mol. The van der Waals surface area contributed by atoms with E-state index in [0.717, 1.165) is 16.3 Å². The molecule has 0 unspecified atom stereocenters. The summed E-state index contributed by atoms with van der Waals surface area (Å²) in [4.78, 5) is 15.7. The topological polar surface area (TPSA) is 74.8 Å². The predicted octanol–water partition coefficient (Wildman–Crippen LogP) is 5.69. The summed E-state index contributed by atoms with van der Waals surface area (Å²) in [5, 5.41) is 21.0. The van der Waals surface area contributed by atoms with E-state index in [-0.39, 0.29) is 18.1 Å². The Labute approximate surface area is 199 Å². The maximum Gasteiger partial charge on any atom is 0.237 e. The zero-order valence-corrected chi connectivity index (χ0v) is 19.3. The minimum absolute atomic E-state index is 0.0974. The molecular formula is C23H18ClN5OS2. The first-order valence-corrected chi connectivity index (χ1v) is 12.0. The lowest BCUT2D eigenvalue weighted by atomic mass is 10.2. The van der Waals surface area contributed by atoms with Gasteiger partial charge in [-0.3, -0.25) is 9.36 Å². The fraction of sp³-hybridized carbons (Fsp3) is 0.130. The van der Waals surface area contributed by atoms with E-state index in [9.17, 15) is 4.79 Å². The molecule has 160 valence electrons. The molecule has 2 heterocycles. The summed E-state index contributed by atoms with van der Waals surface area (Å²) in [6.07, 6.45) is 0.259. The van der Waals surface area contributed by atoms with E-state index >= 15 is 0 Å². The van der Waals surface area contributed by atoms with Crippen molar-refractivity contribution in [1.29, 1.82) is 5.26 Å². The van der Waals surface area contributed by atoms with Crippen LogP contribution in [-0.4, -0.2) is 33.0 Å². The number of aromatic nitrogens is 3. The van der Waals surface area contributed by atoms with E-state index in [1.165, 1.54) is 11.8 Å². The molecule has 0 spiro atoms. The van der Waals surface area contributed by atoms with Gasteiger partial charge >= 0.3 is 0 Å². The lowest BCUT2D eigenvalue weighted by Gasteiger charge is -2.21. The minimum Gasteiger partial charge on any atom is -0.311 e. The number of para-hydroxylation sites is 1. The van der Waals surface area contributed by atoms with Crippen LogP contribution in [0.3, 0.4) is 0 Å². The van der Waals surface area contributed by atoms with Gasteiger partial charge in [0.1, 0.15) is 0 Å². The van der Waals surface area contributed by atoms with Gasteiger partial charge in [-0.05, 0) is 47.8 Å². The first kappa shape index (κ1) is 22.1. The molecule has 1 amide bonds. The number of nitrogens with zero attached hydrogens (tertiary/aromatic N) is 5. The highest BCUT2D eigenvalue weighted by Crippen LogP contribution is 2.31. The quantitative estimate of drug-likeness (QED) is 0.303. The largest absolute Gasteiger partial charge is 0.311 e. The minimum atomic E-state index is -0.0974. The number of halogens is 1. The van der Waals surface area contributed by atoms with E-state index in [0.29, 0.717) is 22.5 Å². The van der Waals surface area contributed by atoms with Gasteiger partial charge in [-0.15, -0.1) is 21.5 Å². The number of benzene rings is 2. The van der Waals surface area contributed by atoms with E-state index in [2.05, 4.69) is 16.3 Å². The summed E-state index contributed by atoms with van der Waals surface area (Å²) in [6.45, 7) is 0.338. The third-order valence-electron chi connectivity index (χ3n) is 4.60. The molecule has 0 saturated heterocycles. The summed E-state index contributed by atoms with van der Waals surface area (Å²) in [5.41, 5.74) is 1.63. The van der Waals surface area contributed by atoms with E-state index in [4.69, 9.17) is 16.9 Å². The van der Waals surface area contributed by atoms with Crippen molar-refractivity contribution in [2.24, 2.45) is 0 Å².